The molecule has 0 saturated heterocycles. The molecule has 0 aliphatic rings. The number of nitrogens with one attached hydrogen (secondary N) is 1. The van der Waals surface area contributed by atoms with E-state index in [1.807, 2.05) is 73.3 Å². The van der Waals surface area contributed by atoms with Crippen LogP contribution in [0.1, 0.15) is 5.56 Å². The van der Waals surface area contributed by atoms with Crippen LogP contribution in [0.15, 0.2) is 64.8 Å². The fourth-order valence-corrected chi connectivity index (χ4v) is 2.96. The van der Waals surface area contributed by atoms with Gasteiger partial charge < -0.3 is 19.9 Å². The van der Waals surface area contributed by atoms with E-state index in [1.165, 1.54) is 0 Å². The predicted octanol–water partition coefficient (Wildman–Crippen LogP) is 3.92. The summed E-state index contributed by atoms with van der Waals surface area (Å²) in [5, 5.41) is 23.3. The van der Waals surface area contributed by atoms with Crippen molar-refractivity contribution in [2.45, 2.75) is 6.54 Å². The van der Waals surface area contributed by atoms with Crippen molar-refractivity contribution in [3.63, 3.8) is 0 Å². The Morgan fingerprint density at radius 2 is 1.81 bits per heavy atom. The van der Waals surface area contributed by atoms with Crippen LogP contribution in [-0.2, 0) is 6.54 Å². The summed E-state index contributed by atoms with van der Waals surface area (Å²) in [4.78, 5) is 2.05. The van der Waals surface area contributed by atoms with Gasteiger partial charge in [0.05, 0.1) is 12.1 Å². The van der Waals surface area contributed by atoms with Crippen LogP contribution in [0.3, 0.4) is 0 Å². The maximum Gasteiger partial charge on any atom is 0.221 e. The first-order chi connectivity index (χ1) is 13.1. The average molecular weight is 382 g/mol. The lowest BCUT2D eigenvalue weighted by molar-refractivity contribution is 0.413. The summed E-state index contributed by atoms with van der Waals surface area (Å²) in [5.41, 5.74) is 2.43. The molecule has 0 aliphatic carbocycles. The molecule has 2 aromatic carbocycles. The number of thiocarbonyl (C=S) groups is 1. The fourth-order valence-electron chi connectivity index (χ4n) is 2.81. The number of rotatable bonds is 6. The number of aromatic nitrogens is 1. The Hall–Kier alpha value is -2.77. The van der Waals surface area contributed by atoms with E-state index in [2.05, 4.69) is 20.4 Å². The monoisotopic (exact) mass is 381 g/mol. The fraction of sp³-hybridized carbons (Fsp3) is 0.250. The number of para-hydroxylation sites is 1. The Balaban J connectivity index is 1.86. The van der Waals surface area contributed by atoms with Crippen molar-refractivity contribution in [3.8, 4) is 5.88 Å². The molecule has 140 valence electrons. The van der Waals surface area contributed by atoms with Gasteiger partial charge in [0, 0.05) is 18.5 Å². The third-order valence-corrected chi connectivity index (χ3v) is 4.40. The maximum absolute atomic E-state index is 10.8. The molecule has 0 radical (unpaired) electrons. The normalized spacial score (nSPS) is 11.5. The molecule has 0 fully saturated rings. The third-order valence-electron chi connectivity index (χ3n) is 4.18. The number of hydrogen-bond donors (Lipinski definition) is 2. The number of nitrogens with zero attached hydrogens (tertiary/aromatic N) is 4. The van der Waals surface area contributed by atoms with Gasteiger partial charge in [0.1, 0.15) is 0 Å². The molecule has 1 aromatic heterocycles. The minimum absolute atomic E-state index is 0.0832. The SMILES string of the molecule is CN(C)CCNC(=S)N=Nc1c(O)n(Cc2ccccc2)c2ccccc12. The van der Waals surface area contributed by atoms with Crippen LogP contribution >= 0.6 is 12.2 Å². The number of azo groups is 1. The lowest BCUT2D eigenvalue weighted by atomic mass is 10.2. The minimum atomic E-state index is 0.0832. The number of likely N-dealkylation sites (N-methyl/N-ethyl adjacent to an activating group) is 1. The first-order valence-corrected chi connectivity index (χ1v) is 9.15. The molecule has 3 aromatic rings. The van der Waals surface area contributed by atoms with Gasteiger partial charge in [-0.15, -0.1) is 10.2 Å². The zero-order valence-electron chi connectivity index (χ0n) is 15.5. The van der Waals surface area contributed by atoms with Gasteiger partial charge in [0.15, 0.2) is 5.69 Å². The highest BCUT2D eigenvalue weighted by atomic mass is 32.1. The van der Waals surface area contributed by atoms with Gasteiger partial charge in [-0.1, -0.05) is 48.5 Å². The molecule has 0 spiro atoms. The van der Waals surface area contributed by atoms with Crippen LogP contribution < -0.4 is 5.32 Å². The molecule has 0 amide bonds. The summed E-state index contributed by atoms with van der Waals surface area (Å²) in [6, 6.07) is 17.7. The van der Waals surface area contributed by atoms with Crippen LogP contribution in [0.2, 0.25) is 0 Å². The summed E-state index contributed by atoms with van der Waals surface area (Å²) in [6.45, 7) is 2.08. The Bertz CT molecular complexity index is 950. The Morgan fingerprint density at radius 1 is 1.11 bits per heavy atom. The second kappa shape index (κ2) is 8.75. The maximum atomic E-state index is 10.8. The summed E-state index contributed by atoms with van der Waals surface area (Å²) in [7, 11) is 3.98. The highest BCUT2D eigenvalue weighted by Gasteiger charge is 2.16. The second-order valence-electron chi connectivity index (χ2n) is 6.50. The highest BCUT2D eigenvalue weighted by Crippen LogP contribution is 2.39. The molecule has 0 saturated carbocycles. The van der Waals surface area contributed by atoms with E-state index >= 15 is 0 Å². The quantitative estimate of drug-likeness (QED) is 0.502. The van der Waals surface area contributed by atoms with Crippen molar-refractivity contribution in [2.75, 3.05) is 27.2 Å². The van der Waals surface area contributed by atoms with E-state index < -0.39 is 0 Å². The van der Waals surface area contributed by atoms with E-state index in [0.717, 1.165) is 23.0 Å². The molecule has 3 rings (SSSR count). The lowest BCUT2D eigenvalue weighted by Gasteiger charge is -2.09. The topological polar surface area (TPSA) is 65.2 Å². The van der Waals surface area contributed by atoms with Crippen molar-refractivity contribution in [3.05, 3.63) is 60.2 Å². The molecule has 0 aliphatic heterocycles. The molecule has 27 heavy (non-hydrogen) atoms. The number of aromatic hydroxyl groups is 1. The smallest absolute Gasteiger partial charge is 0.221 e. The van der Waals surface area contributed by atoms with Crippen molar-refractivity contribution < 1.29 is 5.11 Å². The Morgan fingerprint density at radius 3 is 2.56 bits per heavy atom. The van der Waals surface area contributed by atoms with E-state index in [4.69, 9.17) is 12.2 Å². The minimum Gasteiger partial charge on any atom is -0.493 e. The zero-order valence-corrected chi connectivity index (χ0v) is 16.3. The van der Waals surface area contributed by atoms with Crippen LogP contribution in [0, 0.1) is 0 Å². The molecular weight excluding hydrogens is 358 g/mol. The predicted molar refractivity (Wildman–Crippen MR) is 113 cm³/mol. The van der Waals surface area contributed by atoms with Gasteiger partial charge in [-0.2, -0.15) is 0 Å². The van der Waals surface area contributed by atoms with Crippen molar-refractivity contribution in [2.24, 2.45) is 10.2 Å². The molecule has 0 atom stereocenters. The Labute approximate surface area is 164 Å². The van der Waals surface area contributed by atoms with Crippen LogP contribution in [0.4, 0.5) is 5.69 Å². The number of benzene rings is 2. The lowest BCUT2D eigenvalue weighted by Crippen LogP contribution is -2.29. The molecule has 6 nitrogen and oxygen atoms in total. The molecular formula is C20H23N5OS. The first-order valence-electron chi connectivity index (χ1n) is 8.74. The summed E-state index contributed by atoms with van der Waals surface area (Å²) in [5.74, 6) is 0.0832. The van der Waals surface area contributed by atoms with Crippen molar-refractivity contribution in [1.29, 1.82) is 0 Å². The highest BCUT2D eigenvalue weighted by molar-refractivity contribution is 7.80. The van der Waals surface area contributed by atoms with Crippen LogP contribution in [0.5, 0.6) is 5.88 Å². The number of hydrogen-bond acceptors (Lipinski definition) is 4. The summed E-state index contributed by atoms with van der Waals surface area (Å²) < 4.78 is 1.83. The van der Waals surface area contributed by atoms with Gasteiger partial charge in [-0.25, -0.2) is 0 Å². The van der Waals surface area contributed by atoms with E-state index in [1.54, 1.807) is 0 Å². The van der Waals surface area contributed by atoms with Gasteiger partial charge in [0.25, 0.3) is 0 Å². The largest absolute Gasteiger partial charge is 0.493 e. The molecule has 1 heterocycles. The van der Waals surface area contributed by atoms with Gasteiger partial charge in [-0.05, 0) is 37.9 Å². The first kappa shape index (κ1) is 19.0. The standard InChI is InChI=1S/C20H23N5OS/c1-24(2)13-12-21-20(27)23-22-18-16-10-6-7-11-17(16)25(19(18)26)14-15-8-4-3-5-9-15/h3-11,26H,12-14H2,1-2H3,(H,21,27). The van der Waals surface area contributed by atoms with Crippen LogP contribution in [0.25, 0.3) is 10.9 Å². The van der Waals surface area contributed by atoms with E-state index in [9.17, 15) is 5.11 Å². The summed E-state index contributed by atoms with van der Waals surface area (Å²) in [6.07, 6.45) is 0. The van der Waals surface area contributed by atoms with E-state index in [-0.39, 0.29) is 5.88 Å². The molecule has 2 N–H and O–H groups in total. The molecule has 0 unspecified atom stereocenters. The van der Waals surface area contributed by atoms with Crippen molar-refractivity contribution >= 4 is 33.9 Å². The zero-order chi connectivity index (χ0) is 19.2. The summed E-state index contributed by atoms with van der Waals surface area (Å²) >= 11 is 5.20. The number of fused-ring (bicyclic) bond motifs is 1. The van der Waals surface area contributed by atoms with Crippen molar-refractivity contribution in [1.82, 2.24) is 14.8 Å². The van der Waals surface area contributed by atoms with Crippen LogP contribution in [-0.4, -0.2) is 46.9 Å². The van der Waals surface area contributed by atoms with Gasteiger partial charge >= 0.3 is 0 Å². The van der Waals surface area contributed by atoms with Gasteiger partial charge in [-0.3, -0.25) is 0 Å². The molecule has 7 heteroatoms. The van der Waals surface area contributed by atoms with E-state index in [0.29, 0.717) is 23.9 Å². The van der Waals surface area contributed by atoms with Gasteiger partial charge in [0.2, 0.25) is 11.0 Å². The Kier molecular flexibility index (Phi) is 6.16. The molecule has 0 bridgehead atoms. The second-order valence-corrected chi connectivity index (χ2v) is 6.88. The average Bonchev–Trinajstić information content (AvgIpc) is 2.92. The third kappa shape index (κ3) is 4.69.